The van der Waals surface area contributed by atoms with E-state index in [0.717, 1.165) is 28.9 Å². The van der Waals surface area contributed by atoms with Crippen LogP contribution in [0.5, 0.6) is 0 Å². The van der Waals surface area contributed by atoms with Gasteiger partial charge < -0.3 is 10.1 Å². The summed E-state index contributed by atoms with van der Waals surface area (Å²) in [6.45, 7) is 4.10. The first-order chi connectivity index (χ1) is 16.9. The monoisotopic (exact) mass is 534 g/mol. The van der Waals surface area contributed by atoms with Crippen molar-refractivity contribution in [1.82, 2.24) is 4.98 Å². The number of halogens is 2. The Labute approximate surface area is 211 Å². The van der Waals surface area contributed by atoms with E-state index in [1.54, 1.807) is 0 Å². The molecule has 0 aliphatic heterocycles. The molecule has 0 aliphatic rings. The van der Waals surface area contributed by atoms with E-state index >= 15 is 0 Å². The smallest absolute Gasteiger partial charge is 0.338 e. The molecule has 35 heavy (non-hydrogen) atoms. The highest BCUT2D eigenvalue weighted by Crippen LogP contribution is 2.32. The van der Waals surface area contributed by atoms with Gasteiger partial charge in [0, 0.05) is 15.4 Å². The minimum atomic E-state index is -0.719. The van der Waals surface area contributed by atoms with Crippen LogP contribution in [0.1, 0.15) is 46.0 Å². The molecule has 0 unspecified atom stereocenters. The number of pyridine rings is 1. The van der Waals surface area contributed by atoms with Gasteiger partial charge in [0.25, 0.3) is 5.91 Å². The average Bonchev–Trinajstić information content (AvgIpc) is 2.85. The van der Waals surface area contributed by atoms with E-state index in [2.05, 4.69) is 21.2 Å². The highest BCUT2D eigenvalue weighted by atomic mass is 79.9. The van der Waals surface area contributed by atoms with E-state index in [1.807, 2.05) is 62.4 Å². The molecule has 5 nitrogen and oxygen atoms in total. The van der Waals surface area contributed by atoms with E-state index in [0.29, 0.717) is 27.7 Å². The van der Waals surface area contributed by atoms with Crippen molar-refractivity contribution in [3.8, 4) is 11.3 Å². The molecule has 4 aromatic rings. The normalized spacial score (nSPS) is 10.9. The van der Waals surface area contributed by atoms with Crippen LogP contribution in [0.3, 0.4) is 0 Å². The molecule has 0 radical (unpaired) electrons. The number of anilines is 1. The zero-order valence-corrected chi connectivity index (χ0v) is 21.0. The number of rotatable bonds is 7. The van der Waals surface area contributed by atoms with Gasteiger partial charge in [0.2, 0.25) is 0 Å². The summed E-state index contributed by atoms with van der Waals surface area (Å²) >= 11 is 3.46. The highest BCUT2D eigenvalue weighted by Gasteiger charge is 2.21. The molecular weight excluding hydrogens is 511 g/mol. The Morgan fingerprint density at radius 1 is 1.06 bits per heavy atom. The zero-order valence-electron chi connectivity index (χ0n) is 19.4. The van der Waals surface area contributed by atoms with Crippen molar-refractivity contribution in [1.29, 1.82) is 0 Å². The fourth-order valence-electron chi connectivity index (χ4n) is 3.82. The number of benzene rings is 3. The fourth-order valence-corrected chi connectivity index (χ4v) is 4.18. The predicted octanol–water partition coefficient (Wildman–Crippen LogP) is 7.32. The van der Waals surface area contributed by atoms with E-state index in [4.69, 9.17) is 9.72 Å². The van der Waals surface area contributed by atoms with Crippen LogP contribution < -0.4 is 5.32 Å². The number of fused-ring (bicyclic) bond motifs is 1. The number of nitrogens with one attached hydrogen (secondary N) is 1. The summed E-state index contributed by atoms with van der Waals surface area (Å²) in [5, 5.41) is 3.31. The number of unbranched alkanes of at least 4 members (excludes halogenated alkanes) is 1. The Morgan fingerprint density at radius 3 is 2.54 bits per heavy atom. The van der Waals surface area contributed by atoms with Gasteiger partial charge in [0.15, 0.2) is 0 Å². The van der Waals surface area contributed by atoms with E-state index in [9.17, 15) is 14.0 Å². The predicted molar refractivity (Wildman–Crippen MR) is 139 cm³/mol. The van der Waals surface area contributed by atoms with Crippen LogP contribution >= 0.6 is 15.9 Å². The Balaban J connectivity index is 1.70. The number of carbonyl (C=O) groups excluding carboxylic acids is 2. The third kappa shape index (κ3) is 5.41. The van der Waals surface area contributed by atoms with Crippen molar-refractivity contribution >= 4 is 44.4 Å². The molecule has 0 bridgehead atoms. The maximum atomic E-state index is 14.9. The molecule has 1 N–H and O–H groups in total. The molecule has 0 atom stereocenters. The van der Waals surface area contributed by atoms with Crippen LogP contribution in [-0.2, 0) is 4.74 Å². The summed E-state index contributed by atoms with van der Waals surface area (Å²) in [6.07, 6.45) is 1.63. The maximum absolute atomic E-state index is 14.9. The molecule has 3 aromatic carbocycles. The van der Waals surface area contributed by atoms with Crippen molar-refractivity contribution in [2.75, 3.05) is 11.9 Å². The number of carbonyl (C=O) groups is 2. The lowest BCUT2D eigenvalue weighted by Crippen LogP contribution is -2.16. The third-order valence-corrected chi connectivity index (χ3v) is 6.14. The molecule has 0 saturated heterocycles. The SMILES string of the molecule is CCCCOC(=O)c1ccc(NC(=O)c2c(C)c(-c3ccccc3)nc3ccc(Br)cc23)c(F)c1. The summed E-state index contributed by atoms with van der Waals surface area (Å²) in [5.74, 6) is -1.78. The van der Waals surface area contributed by atoms with Crippen LogP contribution in [0.15, 0.2) is 71.2 Å². The van der Waals surface area contributed by atoms with Crippen molar-refractivity contribution in [2.45, 2.75) is 26.7 Å². The molecule has 4 rings (SSSR count). The van der Waals surface area contributed by atoms with Crippen LogP contribution in [0.4, 0.5) is 10.1 Å². The molecule has 1 aromatic heterocycles. The molecule has 1 heterocycles. The number of esters is 1. The quantitative estimate of drug-likeness (QED) is 0.199. The van der Waals surface area contributed by atoms with Crippen molar-refractivity contribution in [3.63, 3.8) is 0 Å². The van der Waals surface area contributed by atoms with Crippen molar-refractivity contribution < 1.29 is 18.7 Å². The second-order valence-corrected chi connectivity index (χ2v) is 9.04. The lowest BCUT2D eigenvalue weighted by molar-refractivity contribution is 0.0499. The van der Waals surface area contributed by atoms with E-state index < -0.39 is 17.7 Å². The Bertz CT molecular complexity index is 1410. The average molecular weight is 535 g/mol. The molecule has 0 spiro atoms. The van der Waals surface area contributed by atoms with Gasteiger partial charge in [-0.05, 0) is 55.3 Å². The number of hydrogen-bond donors (Lipinski definition) is 1. The summed E-state index contributed by atoms with van der Waals surface area (Å²) < 4.78 is 20.8. The summed E-state index contributed by atoms with van der Waals surface area (Å²) in [5.41, 5.74) is 3.34. The summed E-state index contributed by atoms with van der Waals surface area (Å²) in [7, 11) is 0. The van der Waals surface area contributed by atoms with Crippen molar-refractivity contribution in [3.05, 3.63) is 93.7 Å². The van der Waals surface area contributed by atoms with Gasteiger partial charge in [0.05, 0.1) is 34.6 Å². The first-order valence-electron chi connectivity index (χ1n) is 11.3. The summed E-state index contributed by atoms with van der Waals surface area (Å²) in [6, 6.07) is 19.0. The number of ether oxygens (including phenoxy) is 1. The molecule has 0 fully saturated rings. The van der Waals surface area contributed by atoms with Crippen LogP contribution in [-0.4, -0.2) is 23.5 Å². The fraction of sp³-hybridized carbons (Fsp3) is 0.179. The Hall–Kier alpha value is -3.58. The van der Waals surface area contributed by atoms with E-state index in [-0.39, 0.29) is 17.9 Å². The molecule has 0 aliphatic carbocycles. The molecule has 178 valence electrons. The van der Waals surface area contributed by atoms with E-state index in [1.165, 1.54) is 12.1 Å². The van der Waals surface area contributed by atoms with Crippen molar-refractivity contribution in [2.24, 2.45) is 0 Å². The topological polar surface area (TPSA) is 68.3 Å². The Kier molecular flexibility index (Phi) is 7.56. The zero-order chi connectivity index (χ0) is 24.9. The van der Waals surface area contributed by atoms with Gasteiger partial charge in [-0.2, -0.15) is 0 Å². The molecule has 1 amide bonds. The van der Waals surface area contributed by atoms with Crippen LogP contribution in [0.25, 0.3) is 22.2 Å². The first-order valence-corrected chi connectivity index (χ1v) is 12.1. The molecule has 0 saturated carbocycles. The first kappa shape index (κ1) is 24.5. The van der Waals surface area contributed by atoms with Gasteiger partial charge in [-0.1, -0.05) is 59.6 Å². The highest BCUT2D eigenvalue weighted by molar-refractivity contribution is 9.10. The van der Waals surface area contributed by atoms with Gasteiger partial charge >= 0.3 is 5.97 Å². The number of nitrogens with zero attached hydrogens (tertiary/aromatic N) is 1. The second kappa shape index (κ2) is 10.8. The minimum Gasteiger partial charge on any atom is -0.462 e. The lowest BCUT2D eigenvalue weighted by atomic mass is 9.97. The maximum Gasteiger partial charge on any atom is 0.338 e. The third-order valence-electron chi connectivity index (χ3n) is 5.65. The number of hydrogen-bond acceptors (Lipinski definition) is 4. The second-order valence-electron chi connectivity index (χ2n) is 8.13. The van der Waals surface area contributed by atoms with Gasteiger partial charge in [0.1, 0.15) is 5.82 Å². The van der Waals surface area contributed by atoms with Gasteiger partial charge in [-0.15, -0.1) is 0 Å². The van der Waals surface area contributed by atoms with Crippen LogP contribution in [0.2, 0.25) is 0 Å². The lowest BCUT2D eigenvalue weighted by Gasteiger charge is -2.15. The summed E-state index contributed by atoms with van der Waals surface area (Å²) in [4.78, 5) is 30.4. The molecule has 7 heteroatoms. The number of amides is 1. The molecular formula is C28H24BrFN2O3. The number of aromatic nitrogens is 1. The van der Waals surface area contributed by atoms with Crippen LogP contribution in [0, 0.1) is 12.7 Å². The van der Waals surface area contributed by atoms with Gasteiger partial charge in [-0.3, -0.25) is 4.79 Å². The Morgan fingerprint density at radius 2 is 1.83 bits per heavy atom. The standard InChI is InChI=1S/C28H24BrFN2O3/c1-3-4-14-35-28(34)19-10-12-24(22(30)15-19)32-27(33)25-17(2)26(18-8-6-5-7-9-18)31-23-13-11-20(29)16-21(23)25/h5-13,15-16H,3-4,14H2,1-2H3,(H,32,33). The minimum absolute atomic E-state index is 0.0271. The largest absolute Gasteiger partial charge is 0.462 e. The van der Waals surface area contributed by atoms with Gasteiger partial charge in [-0.25, -0.2) is 14.2 Å².